The van der Waals surface area contributed by atoms with Gasteiger partial charge >= 0.3 is 0 Å². The molecule has 0 radical (unpaired) electrons. The highest BCUT2D eigenvalue weighted by atomic mass is 35.5. The highest BCUT2D eigenvalue weighted by Gasteiger charge is 2.17. The molecular weight excluding hydrogens is 328 g/mol. The Labute approximate surface area is 144 Å². The highest BCUT2D eigenvalue weighted by molar-refractivity contribution is 6.30. The Balaban J connectivity index is 1.88. The van der Waals surface area contributed by atoms with Gasteiger partial charge < -0.3 is 10.1 Å². The van der Waals surface area contributed by atoms with Gasteiger partial charge in [-0.25, -0.2) is 9.67 Å². The van der Waals surface area contributed by atoms with Gasteiger partial charge in [-0.15, -0.1) is 5.10 Å². The minimum Gasteiger partial charge on any atom is -0.495 e. The molecule has 0 saturated heterocycles. The van der Waals surface area contributed by atoms with E-state index in [1.54, 1.807) is 49.0 Å². The Hall–Kier alpha value is -2.86. The summed E-state index contributed by atoms with van der Waals surface area (Å²) in [5.41, 5.74) is 1.30. The SMILES string of the molecule is COc1ccccc1NC(=O)c1nc(C)n(-c2cccc(Cl)c2)n1. The number of benzene rings is 2. The fourth-order valence-corrected chi connectivity index (χ4v) is 2.45. The van der Waals surface area contributed by atoms with E-state index in [1.807, 2.05) is 18.2 Å². The normalized spacial score (nSPS) is 10.5. The molecule has 0 atom stereocenters. The van der Waals surface area contributed by atoms with E-state index < -0.39 is 5.91 Å². The van der Waals surface area contributed by atoms with Gasteiger partial charge in [0.25, 0.3) is 5.91 Å². The predicted molar refractivity (Wildman–Crippen MR) is 92.1 cm³/mol. The van der Waals surface area contributed by atoms with Gasteiger partial charge in [0.2, 0.25) is 5.82 Å². The first-order valence-electron chi connectivity index (χ1n) is 7.22. The molecule has 24 heavy (non-hydrogen) atoms. The van der Waals surface area contributed by atoms with Crippen molar-refractivity contribution in [2.24, 2.45) is 0 Å². The lowest BCUT2D eigenvalue weighted by atomic mass is 10.3. The van der Waals surface area contributed by atoms with E-state index in [9.17, 15) is 4.79 Å². The van der Waals surface area contributed by atoms with E-state index in [1.165, 1.54) is 0 Å². The molecule has 1 aromatic heterocycles. The van der Waals surface area contributed by atoms with E-state index >= 15 is 0 Å². The first-order chi connectivity index (χ1) is 11.6. The fraction of sp³-hybridized carbons (Fsp3) is 0.118. The number of aromatic nitrogens is 3. The first kappa shape index (κ1) is 16.0. The summed E-state index contributed by atoms with van der Waals surface area (Å²) >= 11 is 6.00. The predicted octanol–water partition coefficient (Wildman–Crippen LogP) is 3.49. The summed E-state index contributed by atoms with van der Waals surface area (Å²) in [6, 6.07) is 14.3. The Morgan fingerprint density at radius 3 is 2.75 bits per heavy atom. The van der Waals surface area contributed by atoms with Crippen LogP contribution in [-0.2, 0) is 0 Å². The lowest BCUT2D eigenvalue weighted by molar-refractivity contribution is 0.101. The maximum Gasteiger partial charge on any atom is 0.295 e. The average Bonchev–Trinajstić information content (AvgIpc) is 2.97. The number of ether oxygens (including phenoxy) is 1. The number of amides is 1. The van der Waals surface area contributed by atoms with Crippen LogP contribution in [0.1, 0.15) is 16.4 Å². The van der Waals surface area contributed by atoms with E-state index in [-0.39, 0.29) is 5.82 Å². The number of carbonyl (C=O) groups is 1. The van der Waals surface area contributed by atoms with Crippen molar-refractivity contribution in [3.63, 3.8) is 0 Å². The molecule has 0 aliphatic carbocycles. The molecule has 0 aliphatic rings. The van der Waals surface area contributed by atoms with Crippen LogP contribution in [0.2, 0.25) is 5.02 Å². The van der Waals surface area contributed by atoms with E-state index in [4.69, 9.17) is 16.3 Å². The molecule has 0 unspecified atom stereocenters. The number of carbonyl (C=O) groups excluding carboxylic acids is 1. The van der Waals surface area contributed by atoms with Crippen LogP contribution in [0, 0.1) is 6.92 Å². The average molecular weight is 343 g/mol. The van der Waals surface area contributed by atoms with Crippen LogP contribution in [0.3, 0.4) is 0 Å². The van der Waals surface area contributed by atoms with Crippen molar-refractivity contribution >= 4 is 23.2 Å². The molecule has 0 aliphatic heterocycles. The summed E-state index contributed by atoms with van der Waals surface area (Å²) in [6.07, 6.45) is 0. The molecule has 0 fully saturated rings. The van der Waals surface area contributed by atoms with E-state index in [0.29, 0.717) is 22.3 Å². The largest absolute Gasteiger partial charge is 0.495 e. The molecule has 1 N–H and O–H groups in total. The summed E-state index contributed by atoms with van der Waals surface area (Å²) in [6.45, 7) is 1.77. The topological polar surface area (TPSA) is 69.0 Å². The maximum atomic E-state index is 12.4. The number of hydrogen-bond donors (Lipinski definition) is 1. The number of anilines is 1. The summed E-state index contributed by atoms with van der Waals surface area (Å²) in [5.74, 6) is 0.807. The standard InChI is InChI=1S/C17H15ClN4O2/c1-11-19-16(21-22(11)13-7-5-6-12(18)10-13)17(23)20-14-8-3-4-9-15(14)24-2/h3-10H,1-2H3,(H,20,23). The summed E-state index contributed by atoms with van der Waals surface area (Å²) in [7, 11) is 1.54. The molecule has 122 valence electrons. The van der Waals surface area contributed by atoms with Crippen LogP contribution in [0.4, 0.5) is 5.69 Å². The minimum atomic E-state index is -0.414. The Kier molecular flexibility index (Phi) is 4.48. The molecule has 2 aromatic carbocycles. The lowest BCUT2D eigenvalue weighted by Gasteiger charge is -2.08. The number of aryl methyl sites for hydroxylation is 1. The van der Waals surface area contributed by atoms with Gasteiger partial charge in [0.05, 0.1) is 18.5 Å². The number of rotatable bonds is 4. The van der Waals surface area contributed by atoms with E-state index in [2.05, 4.69) is 15.4 Å². The molecule has 3 rings (SSSR count). The molecular formula is C17H15ClN4O2. The third kappa shape index (κ3) is 3.23. The van der Waals surface area contributed by atoms with Crippen LogP contribution in [0.5, 0.6) is 5.75 Å². The Morgan fingerprint density at radius 1 is 1.21 bits per heavy atom. The van der Waals surface area contributed by atoms with Gasteiger partial charge in [-0.3, -0.25) is 4.79 Å². The zero-order chi connectivity index (χ0) is 17.1. The van der Waals surface area contributed by atoms with E-state index in [0.717, 1.165) is 5.69 Å². The molecule has 1 heterocycles. The fourth-order valence-electron chi connectivity index (χ4n) is 2.26. The zero-order valence-corrected chi connectivity index (χ0v) is 13.9. The van der Waals surface area contributed by atoms with Gasteiger partial charge in [-0.05, 0) is 37.3 Å². The van der Waals surface area contributed by atoms with Crippen molar-refractivity contribution in [1.29, 1.82) is 0 Å². The Bertz CT molecular complexity index is 892. The van der Waals surface area contributed by atoms with Crippen molar-refractivity contribution in [2.45, 2.75) is 6.92 Å². The smallest absolute Gasteiger partial charge is 0.295 e. The van der Waals surface area contributed by atoms with Crippen LogP contribution < -0.4 is 10.1 Å². The number of para-hydroxylation sites is 2. The van der Waals surface area contributed by atoms with Gasteiger partial charge in [0.1, 0.15) is 11.6 Å². The minimum absolute atomic E-state index is 0.0679. The third-order valence-electron chi connectivity index (χ3n) is 3.38. The molecule has 0 bridgehead atoms. The lowest BCUT2D eigenvalue weighted by Crippen LogP contribution is -2.15. The molecule has 0 spiro atoms. The zero-order valence-electron chi connectivity index (χ0n) is 13.2. The second kappa shape index (κ2) is 6.72. The van der Waals surface area contributed by atoms with Crippen LogP contribution in [0.25, 0.3) is 5.69 Å². The van der Waals surface area contributed by atoms with Crippen molar-refractivity contribution in [2.75, 3.05) is 12.4 Å². The highest BCUT2D eigenvalue weighted by Crippen LogP contribution is 2.23. The quantitative estimate of drug-likeness (QED) is 0.788. The summed E-state index contributed by atoms with van der Waals surface area (Å²) in [4.78, 5) is 16.6. The molecule has 7 heteroatoms. The van der Waals surface area contributed by atoms with Crippen molar-refractivity contribution < 1.29 is 9.53 Å². The number of methoxy groups -OCH3 is 1. The van der Waals surface area contributed by atoms with Crippen LogP contribution in [-0.4, -0.2) is 27.8 Å². The van der Waals surface area contributed by atoms with Crippen LogP contribution >= 0.6 is 11.6 Å². The number of nitrogens with zero attached hydrogens (tertiary/aromatic N) is 3. The number of nitrogens with one attached hydrogen (secondary N) is 1. The summed E-state index contributed by atoms with van der Waals surface area (Å²) in [5, 5.41) is 7.61. The third-order valence-corrected chi connectivity index (χ3v) is 3.62. The monoisotopic (exact) mass is 342 g/mol. The van der Waals surface area contributed by atoms with Gasteiger partial charge in [0, 0.05) is 5.02 Å². The van der Waals surface area contributed by atoms with Crippen LogP contribution in [0.15, 0.2) is 48.5 Å². The number of hydrogen-bond acceptors (Lipinski definition) is 4. The first-order valence-corrected chi connectivity index (χ1v) is 7.60. The Morgan fingerprint density at radius 2 is 2.00 bits per heavy atom. The van der Waals surface area contributed by atoms with Gasteiger partial charge in [-0.1, -0.05) is 29.8 Å². The molecule has 0 saturated carbocycles. The second-order valence-electron chi connectivity index (χ2n) is 5.03. The maximum absolute atomic E-state index is 12.4. The van der Waals surface area contributed by atoms with Crippen molar-refractivity contribution in [3.8, 4) is 11.4 Å². The molecule has 6 nitrogen and oxygen atoms in total. The van der Waals surface area contributed by atoms with Gasteiger partial charge in [0.15, 0.2) is 0 Å². The number of halogens is 1. The van der Waals surface area contributed by atoms with Crippen molar-refractivity contribution in [1.82, 2.24) is 14.8 Å². The molecule has 3 aromatic rings. The summed E-state index contributed by atoms with van der Waals surface area (Å²) < 4.78 is 6.79. The second-order valence-corrected chi connectivity index (χ2v) is 5.47. The van der Waals surface area contributed by atoms with Crippen molar-refractivity contribution in [3.05, 3.63) is 65.2 Å². The van der Waals surface area contributed by atoms with Gasteiger partial charge in [-0.2, -0.15) is 0 Å². The molecule has 1 amide bonds.